The Balaban J connectivity index is 1.57. The molecule has 5 nitrogen and oxygen atoms in total. The quantitative estimate of drug-likeness (QED) is 0.903. The molecule has 0 radical (unpaired) electrons. The van der Waals surface area contributed by atoms with Crippen LogP contribution < -0.4 is 0 Å². The molecule has 0 aromatic heterocycles. The van der Waals surface area contributed by atoms with E-state index < -0.39 is 0 Å². The number of likely N-dealkylation sites (tertiary alicyclic amines) is 1. The molecule has 108 valence electrons. The van der Waals surface area contributed by atoms with Gasteiger partial charge in [0.15, 0.2) is 0 Å². The van der Waals surface area contributed by atoms with Crippen molar-refractivity contribution in [3.63, 3.8) is 0 Å². The number of hydrogen-bond donors (Lipinski definition) is 1. The Kier molecular flexibility index (Phi) is 3.63. The van der Waals surface area contributed by atoms with Crippen molar-refractivity contribution in [2.24, 2.45) is 11.3 Å². The molecule has 0 aliphatic carbocycles. The maximum absolute atomic E-state index is 12.1. The van der Waals surface area contributed by atoms with Crippen molar-refractivity contribution in [2.75, 3.05) is 32.9 Å². The number of benzene rings is 1. The highest BCUT2D eigenvalue weighted by atomic mass is 16.6. The number of carbonyl (C=O) groups is 1. The Labute approximate surface area is 118 Å². The molecule has 0 bridgehead atoms. The molecule has 2 fully saturated rings. The monoisotopic (exact) mass is 277 g/mol. The number of fused-ring (bicyclic) bond motifs is 1. The normalized spacial score (nSPS) is 28.4. The van der Waals surface area contributed by atoms with E-state index in [0.29, 0.717) is 26.3 Å². The molecule has 3 rings (SSSR count). The fourth-order valence-electron chi connectivity index (χ4n) is 3.01. The van der Waals surface area contributed by atoms with Gasteiger partial charge < -0.3 is 19.5 Å². The lowest BCUT2D eigenvalue weighted by Crippen LogP contribution is -2.36. The molecule has 2 heterocycles. The van der Waals surface area contributed by atoms with Gasteiger partial charge in [-0.1, -0.05) is 30.3 Å². The van der Waals surface area contributed by atoms with Crippen LogP contribution in [0.25, 0.3) is 0 Å². The molecule has 2 atom stereocenters. The molecular weight excluding hydrogens is 258 g/mol. The van der Waals surface area contributed by atoms with Gasteiger partial charge in [-0.2, -0.15) is 0 Å². The van der Waals surface area contributed by atoms with E-state index in [9.17, 15) is 9.90 Å². The predicted molar refractivity (Wildman–Crippen MR) is 72.0 cm³/mol. The molecule has 2 aliphatic heterocycles. The van der Waals surface area contributed by atoms with Crippen molar-refractivity contribution in [2.45, 2.75) is 6.61 Å². The second-order valence-electron chi connectivity index (χ2n) is 5.65. The van der Waals surface area contributed by atoms with Crippen LogP contribution in [0.5, 0.6) is 0 Å². The topological polar surface area (TPSA) is 59.0 Å². The maximum Gasteiger partial charge on any atom is 0.410 e. The average Bonchev–Trinajstić information content (AvgIpc) is 3.03. The molecule has 1 aromatic rings. The highest BCUT2D eigenvalue weighted by Crippen LogP contribution is 2.40. The average molecular weight is 277 g/mol. The summed E-state index contributed by atoms with van der Waals surface area (Å²) in [5.41, 5.74) is 0.687. The van der Waals surface area contributed by atoms with Gasteiger partial charge in [0.2, 0.25) is 0 Å². The first-order chi connectivity index (χ1) is 9.73. The molecule has 1 aromatic carbocycles. The van der Waals surface area contributed by atoms with Crippen LogP contribution in [-0.2, 0) is 16.1 Å². The fraction of sp³-hybridized carbons (Fsp3) is 0.533. The summed E-state index contributed by atoms with van der Waals surface area (Å²) in [5.74, 6) is 0.219. The van der Waals surface area contributed by atoms with Crippen molar-refractivity contribution >= 4 is 6.09 Å². The van der Waals surface area contributed by atoms with Gasteiger partial charge in [-0.25, -0.2) is 4.79 Å². The largest absolute Gasteiger partial charge is 0.445 e. The van der Waals surface area contributed by atoms with E-state index in [-0.39, 0.29) is 30.6 Å². The molecule has 2 saturated heterocycles. The zero-order chi connectivity index (χ0) is 14.0. The van der Waals surface area contributed by atoms with Crippen LogP contribution in [0.3, 0.4) is 0 Å². The summed E-state index contributed by atoms with van der Waals surface area (Å²) < 4.78 is 10.8. The number of nitrogens with zero attached hydrogens (tertiary/aromatic N) is 1. The third kappa shape index (κ3) is 2.39. The van der Waals surface area contributed by atoms with Gasteiger partial charge in [-0.05, 0) is 5.56 Å². The van der Waals surface area contributed by atoms with Crippen LogP contribution in [0.2, 0.25) is 0 Å². The number of aliphatic hydroxyl groups excluding tert-OH is 1. The van der Waals surface area contributed by atoms with Crippen molar-refractivity contribution < 1.29 is 19.4 Å². The van der Waals surface area contributed by atoms with Gasteiger partial charge in [0, 0.05) is 24.4 Å². The van der Waals surface area contributed by atoms with E-state index in [0.717, 1.165) is 5.56 Å². The fourth-order valence-corrected chi connectivity index (χ4v) is 3.01. The molecular formula is C15H19NO4. The van der Waals surface area contributed by atoms with Gasteiger partial charge >= 0.3 is 6.09 Å². The van der Waals surface area contributed by atoms with Gasteiger partial charge in [0.1, 0.15) is 6.61 Å². The third-order valence-electron chi connectivity index (χ3n) is 4.30. The van der Waals surface area contributed by atoms with E-state index in [4.69, 9.17) is 9.47 Å². The summed E-state index contributed by atoms with van der Waals surface area (Å²) in [5, 5.41) is 9.58. The van der Waals surface area contributed by atoms with Crippen molar-refractivity contribution in [1.82, 2.24) is 4.90 Å². The molecule has 1 N–H and O–H groups in total. The number of rotatable bonds is 3. The highest BCUT2D eigenvalue weighted by molar-refractivity contribution is 5.68. The van der Waals surface area contributed by atoms with Crippen molar-refractivity contribution in [1.29, 1.82) is 0 Å². The number of ether oxygens (including phenoxy) is 2. The van der Waals surface area contributed by atoms with Crippen LogP contribution in [0.1, 0.15) is 5.56 Å². The van der Waals surface area contributed by atoms with E-state index in [1.165, 1.54) is 0 Å². The Morgan fingerprint density at radius 1 is 1.45 bits per heavy atom. The Morgan fingerprint density at radius 2 is 2.25 bits per heavy atom. The van der Waals surface area contributed by atoms with Crippen molar-refractivity contribution in [3.8, 4) is 0 Å². The minimum atomic E-state index is -0.309. The lowest BCUT2D eigenvalue weighted by molar-refractivity contribution is 0.0672. The third-order valence-corrected chi connectivity index (χ3v) is 4.30. The summed E-state index contributed by atoms with van der Waals surface area (Å²) >= 11 is 0. The van der Waals surface area contributed by atoms with Crippen LogP contribution in [0.4, 0.5) is 4.79 Å². The predicted octanol–water partition coefficient (Wildman–Crippen LogP) is 1.26. The van der Waals surface area contributed by atoms with E-state index in [2.05, 4.69) is 0 Å². The van der Waals surface area contributed by atoms with E-state index >= 15 is 0 Å². The standard InChI is InChI=1S/C15H19NO4/c17-10-15-9-16(6-13(15)8-19-11-15)14(18)20-7-12-4-2-1-3-5-12/h1-5,13,17H,6-11H2/t13-,15-/m1/s1. The van der Waals surface area contributed by atoms with Crippen LogP contribution >= 0.6 is 0 Å². The Bertz CT molecular complexity index is 478. The lowest BCUT2D eigenvalue weighted by Gasteiger charge is -2.23. The lowest BCUT2D eigenvalue weighted by atomic mass is 9.82. The van der Waals surface area contributed by atoms with Gasteiger partial charge in [-0.3, -0.25) is 0 Å². The molecule has 2 aliphatic rings. The second kappa shape index (κ2) is 5.42. The summed E-state index contributed by atoms with van der Waals surface area (Å²) in [6, 6.07) is 9.62. The van der Waals surface area contributed by atoms with E-state index in [1.807, 2.05) is 30.3 Å². The number of carbonyl (C=O) groups excluding carboxylic acids is 1. The maximum atomic E-state index is 12.1. The SMILES string of the molecule is O=C(OCc1ccccc1)N1C[C@@H]2COC[C@]2(CO)C1. The van der Waals surface area contributed by atoms with Crippen LogP contribution in [-0.4, -0.2) is 49.0 Å². The number of hydrogen-bond acceptors (Lipinski definition) is 4. The minimum Gasteiger partial charge on any atom is -0.445 e. The van der Waals surface area contributed by atoms with E-state index in [1.54, 1.807) is 4.90 Å². The first-order valence-electron chi connectivity index (χ1n) is 6.88. The zero-order valence-corrected chi connectivity index (χ0v) is 11.3. The van der Waals surface area contributed by atoms with Gasteiger partial charge in [0.25, 0.3) is 0 Å². The summed E-state index contributed by atoms with van der Waals surface area (Å²) in [7, 11) is 0. The zero-order valence-electron chi connectivity index (χ0n) is 11.3. The second-order valence-corrected chi connectivity index (χ2v) is 5.65. The molecule has 0 unspecified atom stereocenters. The molecule has 0 saturated carbocycles. The Morgan fingerprint density at radius 3 is 2.95 bits per heavy atom. The van der Waals surface area contributed by atoms with Crippen LogP contribution in [0, 0.1) is 11.3 Å². The molecule has 0 spiro atoms. The first-order valence-corrected chi connectivity index (χ1v) is 6.88. The van der Waals surface area contributed by atoms with Gasteiger partial charge in [0.05, 0.1) is 19.8 Å². The molecule has 1 amide bonds. The summed E-state index contributed by atoms with van der Waals surface area (Å²) in [4.78, 5) is 13.8. The van der Waals surface area contributed by atoms with Crippen LogP contribution in [0.15, 0.2) is 30.3 Å². The number of aliphatic hydroxyl groups is 1. The smallest absolute Gasteiger partial charge is 0.410 e. The minimum absolute atomic E-state index is 0.0557. The first kappa shape index (κ1) is 13.4. The summed E-state index contributed by atoms with van der Waals surface area (Å²) in [6.07, 6.45) is -0.309. The molecule has 5 heteroatoms. The molecule has 20 heavy (non-hydrogen) atoms. The van der Waals surface area contributed by atoms with Crippen molar-refractivity contribution in [3.05, 3.63) is 35.9 Å². The summed E-state index contributed by atoms with van der Waals surface area (Å²) in [6.45, 7) is 2.60. The Hall–Kier alpha value is -1.59. The van der Waals surface area contributed by atoms with Gasteiger partial charge in [-0.15, -0.1) is 0 Å². The highest BCUT2D eigenvalue weighted by Gasteiger charge is 2.51. The number of amides is 1.